The van der Waals surface area contributed by atoms with Gasteiger partial charge >= 0.3 is 5.69 Å². The van der Waals surface area contributed by atoms with Crippen LogP contribution in [0.4, 0.5) is 0 Å². The van der Waals surface area contributed by atoms with Crippen molar-refractivity contribution in [2.75, 3.05) is 0 Å². The average Bonchev–Trinajstić information content (AvgIpc) is 2.96. The lowest BCUT2D eigenvalue weighted by Crippen LogP contribution is -2.16. The van der Waals surface area contributed by atoms with Gasteiger partial charge in [-0.25, -0.2) is 9.78 Å². The summed E-state index contributed by atoms with van der Waals surface area (Å²) in [4.78, 5) is 34.0. The number of benzene rings is 2. The zero-order valence-corrected chi connectivity index (χ0v) is 12.9. The molecule has 118 valence electrons. The highest BCUT2D eigenvalue weighted by Crippen LogP contribution is 2.18. The summed E-state index contributed by atoms with van der Waals surface area (Å²) < 4.78 is 1.11. The van der Waals surface area contributed by atoms with E-state index in [1.807, 2.05) is 6.07 Å². The number of fused-ring (bicyclic) bond motifs is 1. The second kappa shape index (κ2) is 5.47. The fourth-order valence-electron chi connectivity index (χ4n) is 2.41. The van der Waals surface area contributed by atoms with Gasteiger partial charge in [0.1, 0.15) is 0 Å². The van der Waals surface area contributed by atoms with Gasteiger partial charge in [0.05, 0.1) is 21.7 Å². The lowest BCUT2D eigenvalue weighted by Gasteiger charge is -2.01. The van der Waals surface area contributed by atoms with Crippen LogP contribution in [0, 0.1) is 0 Å². The summed E-state index contributed by atoms with van der Waals surface area (Å²) in [6.45, 7) is 0. The molecule has 2 N–H and O–H groups in total. The van der Waals surface area contributed by atoms with Gasteiger partial charge in [0.2, 0.25) is 0 Å². The van der Waals surface area contributed by atoms with E-state index in [1.54, 1.807) is 42.5 Å². The molecule has 0 aliphatic rings. The van der Waals surface area contributed by atoms with Gasteiger partial charge < -0.3 is 4.98 Å². The molecule has 0 radical (unpaired) electrons. The van der Waals surface area contributed by atoms with Crippen molar-refractivity contribution in [2.24, 2.45) is 0 Å². The number of halogens is 1. The van der Waals surface area contributed by atoms with E-state index in [4.69, 9.17) is 11.6 Å². The van der Waals surface area contributed by atoms with Crippen LogP contribution in [0.1, 0.15) is 0 Å². The molecular formula is C16H10ClN5O2. The van der Waals surface area contributed by atoms with Gasteiger partial charge in [-0.2, -0.15) is 4.68 Å². The minimum atomic E-state index is -0.507. The first-order valence-electron chi connectivity index (χ1n) is 7.07. The maximum absolute atomic E-state index is 12.2. The first-order chi connectivity index (χ1) is 11.6. The fourth-order valence-corrected chi connectivity index (χ4v) is 2.62. The number of rotatable bonds is 2. The fraction of sp³-hybridized carbons (Fsp3) is 0. The zero-order valence-electron chi connectivity index (χ0n) is 12.2. The Balaban J connectivity index is 1.92. The molecule has 2 aromatic heterocycles. The Hall–Kier alpha value is -3.19. The van der Waals surface area contributed by atoms with Gasteiger partial charge in [-0.1, -0.05) is 35.9 Å². The number of aromatic amines is 2. The van der Waals surface area contributed by atoms with Gasteiger partial charge in [-0.05, 0) is 24.3 Å². The first kappa shape index (κ1) is 14.4. The molecule has 24 heavy (non-hydrogen) atoms. The normalized spacial score (nSPS) is 11.0. The standard InChI is InChI=1S/C16H10ClN5O2/c17-9-5-1-4-8-12(9)22-16(24)20-14(21-22)13-15(23)19-11-7-3-2-6-10(11)18-13/h1-8H,(H,19,23)(H,20,21,24). The Morgan fingerprint density at radius 3 is 2.54 bits per heavy atom. The summed E-state index contributed by atoms with van der Waals surface area (Å²) in [6, 6.07) is 13.9. The molecule has 0 aliphatic heterocycles. The van der Waals surface area contributed by atoms with Gasteiger partial charge in [-0.15, -0.1) is 5.10 Å². The van der Waals surface area contributed by atoms with Crippen LogP contribution in [-0.2, 0) is 0 Å². The summed E-state index contributed by atoms with van der Waals surface area (Å²) in [5, 5.41) is 4.53. The first-order valence-corrected chi connectivity index (χ1v) is 7.45. The topological polar surface area (TPSA) is 96.4 Å². The zero-order chi connectivity index (χ0) is 16.7. The summed E-state index contributed by atoms with van der Waals surface area (Å²) in [5.74, 6) is 0.0759. The van der Waals surface area contributed by atoms with E-state index in [1.165, 1.54) is 0 Å². The van der Waals surface area contributed by atoms with E-state index in [0.717, 1.165) is 4.68 Å². The van der Waals surface area contributed by atoms with Crippen molar-refractivity contribution < 1.29 is 0 Å². The number of aromatic nitrogens is 5. The van der Waals surface area contributed by atoms with Crippen molar-refractivity contribution in [2.45, 2.75) is 0 Å². The summed E-state index contributed by atoms with van der Waals surface area (Å²) in [6.07, 6.45) is 0. The Labute approximate surface area is 139 Å². The smallest absolute Gasteiger partial charge is 0.319 e. The van der Waals surface area contributed by atoms with Gasteiger partial charge in [-0.3, -0.25) is 9.78 Å². The molecule has 0 unspecified atom stereocenters. The van der Waals surface area contributed by atoms with Crippen LogP contribution in [0.5, 0.6) is 0 Å². The minimum Gasteiger partial charge on any atom is -0.319 e. The predicted molar refractivity (Wildman–Crippen MR) is 90.6 cm³/mol. The quantitative estimate of drug-likeness (QED) is 0.584. The average molecular weight is 340 g/mol. The molecule has 0 amide bonds. The van der Waals surface area contributed by atoms with Crippen LogP contribution in [0.25, 0.3) is 28.2 Å². The van der Waals surface area contributed by atoms with Gasteiger partial charge in [0.25, 0.3) is 5.56 Å². The molecule has 2 aromatic carbocycles. The minimum absolute atomic E-state index is 0.0385. The third-order valence-corrected chi connectivity index (χ3v) is 3.84. The van der Waals surface area contributed by atoms with E-state index in [2.05, 4.69) is 20.1 Å². The van der Waals surface area contributed by atoms with E-state index in [9.17, 15) is 9.59 Å². The molecule has 4 rings (SSSR count). The molecule has 0 spiro atoms. The molecular weight excluding hydrogens is 330 g/mol. The number of H-pyrrole nitrogens is 2. The lowest BCUT2D eigenvalue weighted by atomic mass is 10.3. The van der Waals surface area contributed by atoms with E-state index in [-0.39, 0.29) is 11.5 Å². The van der Waals surface area contributed by atoms with Crippen LogP contribution >= 0.6 is 11.6 Å². The maximum Gasteiger partial charge on any atom is 0.348 e. The Morgan fingerprint density at radius 2 is 1.71 bits per heavy atom. The number of hydrogen-bond acceptors (Lipinski definition) is 4. The third kappa shape index (κ3) is 2.31. The van der Waals surface area contributed by atoms with E-state index in [0.29, 0.717) is 21.7 Å². The molecule has 4 aromatic rings. The van der Waals surface area contributed by atoms with E-state index < -0.39 is 11.2 Å². The molecule has 8 heteroatoms. The third-order valence-electron chi connectivity index (χ3n) is 3.52. The second-order valence-electron chi connectivity index (χ2n) is 5.07. The van der Waals surface area contributed by atoms with Crippen LogP contribution in [0.2, 0.25) is 5.02 Å². The predicted octanol–water partition coefficient (Wildman–Crippen LogP) is 2.12. The largest absolute Gasteiger partial charge is 0.348 e. The Morgan fingerprint density at radius 1 is 0.958 bits per heavy atom. The van der Waals surface area contributed by atoms with Crippen molar-refractivity contribution in [1.82, 2.24) is 24.7 Å². The highest BCUT2D eigenvalue weighted by Gasteiger charge is 2.15. The van der Waals surface area contributed by atoms with Crippen LogP contribution in [0.15, 0.2) is 58.1 Å². The highest BCUT2D eigenvalue weighted by molar-refractivity contribution is 6.32. The van der Waals surface area contributed by atoms with Crippen molar-refractivity contribution in [3.8, 4) is 17.2 Å². The number of para-hydroxylation sites is 3. The highest BCUT2D eigenvalue weighted by atomic mass is 35.5. The number of nitrogens with zero attached hydrogens (tertiary/aromatic N) is 3. The second-order valence-corrected chi connectivity index (χ2v) is 5.48. The molecule has 0 aliphatic carbocycles. The molecule has 0 atom stereocenters. The molecule has 0 saturated heterocycles. The molecule has 2 heterocycles. The maximum atomic E-state index is 12.2. The summed E-state index contributed by atoms with van der Waals surface area (Å²) in [5.41, 5.74) is 0.723. The number of nitrogens with one attached hydrogen (secondary N) is 2. The number of hydrogen-bond donors (Lipinski definition) is 2. The van der Waals surface area contributed by atoms with Crippen molar-refractivity contribution in [3.63, 3.8) is 0 Å². The molecule has 0 saturated carbocycles. The van der Waals surface area contributed by atoms with Crippen LogP contribution < -0.4 is 11.2 Å². The summed E-state index contributed by atoms with van der Waals surface area (Å²) >= 11 is 6.10. The molecule has 7 nitrogen and oxygen atoms in total. The Bertz CT molecular complexity index is 1170. The van der Waals surface area contributed by atoms with Crippen molar-refractivity contribution in [3.05, 3.63) is 74.4 Å². The van der Waals surface area contributed by atoms with Gasteiger partial charge in [0, 0.05) is 0 Å². The van der Waals surface area contributed by atoms with Crippen LogP contribution in [0.3, 0.4) is 0 Å². The SMILES string of the molecule is O=c1[nH]c2ccccc2nc1-c1nn(-c2ccccc2Cl)c(=O)[nH]1. The van der Waals surface area contributed by atoms with Crippen LogP contribution in [-0.4, -0.2) is 24.7 Å². The van der Waals surface area contributed by atoms with E-state index >= 15 is 0 Å². The Kier molecular flexibility index (Phi) is 3.28. The molecule has 0 bridgehead atoms. The van der Waals surface area contributed by atoms with Crippen molar-refractivity contribution >= 4 is 22.6 Å². The van der Waals surface area contributed by atoms with Gasteiger partial charge in [0.15, 0.2) is 11.5 Å². The monoisotopic (exact) mass is 339 g/mol. The molecule has 0 fully saturated rings. The lowest BCUT2D eigenvalue weighted by molar-refractivity contribution is 0.844. The summed E-state index contributed by atoms with van der Waals surface area (Å²) in [7, 11) is 0. The van der Waals surface area contributed by atoms with Crippen molar-refractivity contribution in [1.29, 1.82) is 0 Å².